The number of aromatic hydroxyl groups is 1. The van der Waals surface area contributed by atoms with Gasteiger partial charge in [-0.1, -0.05) is 32.9 Å². The predicted molar refractivity (Wildman–Crippen MR) is 129 cm³/mol. The smallest absolute Gasteiger partial charge is 0.245 e. The lowest BCUT2D eigenvalue weighted by molar-refractivity contribution is -0.146. The number of amides is 2. The third-order valence-electron chi connectivity index (χ3n) is 6.46. The maximum absolute atomic E-state index is 13.4. The number of aromatic nitrogens is 1. The van der Waals surface area contributed by atoms with Gasteiger partial charge in [0.1, 0.15) is 11.8 Å². The van der Waals surface area contributed by atoms with Crippen molar-refractivity contribution >= 4 is 23.2 Å². The number of carbonyl (C=O) groups excluding carboxylic acids is 2. The number of aliphatic hydroxyl groups excluding tert-OH is 1. The quantitative estimate of drug-likeness (QED) is 0.613. The molecule has 2 aromatic rings. The summed E-state index contributed by atoms with van der Waals surface area (Å²) >= 11 is 1.50. The molecule has 4 N–H and O–H groups in total. The minimum atomic E-state index is -0.797. The fourth-order valence-corrected chi connectivity index (χ4v) is 4.89. The first-order valence-electron chi connectivity index (χ1n) is 11.1. The van der Waals surface area contributed by atoms with Crippen molar-refractivity contribution in [3.8, 4) is 16.2 Å². The molecule has 1 aromatic carbocycles. The number of β-amino-alcohol motifs (C(OH)–C–C–N with tert-alkyl or cyclic N) is 1. The highest BCUT2D eigenvalue weighted by Gasteiger charge is 2.44. The third kappa shape index (κ3) is 5.05. The highest BCUT2D eigenvalue weighted by Crippen LogP contribution is 2.35. The number of likely N-dealkylation sites (N-methyl/N-ethyl adjacent to an activating group) is 1. The Bertz CT molecular complexity index is 1030. The van der Waals surface area contributed by atoms with E-state index >= 15 is 0 Å². The molecule has 1 fully saturated rings. The fourth-order valence-electron chi connectivity index (χ4n) is 4.09. The summed E-state index contributed by atoms with van der Waals surface area (Å²) in [5.41, 5.74) is 9.81. The van der Waals surface area contributed by atoms with Gasteiger partial charge < -0.3 is 25.7 Å². The largest absolute Gasteiger partial charge is 0.508 e. The Morgan fingerprint density at radius 3 is 2.55 bits per heavy atom. The Morgan fingerprint density at radius 2 is 2.00 bits per heavy atom. The van der Waals surface area contributed by atoms with Gasteiger partial charge in [-0.2, -0.15) is 0 Å². The second-order valence-corrected chi connectivity index (χ2v) is 10.8. The van der Waals surface area contributed by atoms with Crippen LogP contribution in [0.15, 0.2) is 23.7 Å². The number of phenolic OH excluding ortho intramolecular Hbond substituents is 1. The van der Waals surface area contributed by atoms with E-state index in [1.54, 1.807) is 24.7 Å². The second kappa shape index (κ2) is 9.40. The van der Waals surface area contributed by atoms with Crippen LogP contribution in [0.4, 0.5) is 0 Å². The minimum Gasteiger partial charge on any atom is -0.508 e. The molecular weight excluding hydrogens is 440 g/mol. The number of aryl methyl sites for hydroxylation is 1. The van der Waals surface area contributed by atoms with Gasteiger partial charge in [-0.25, -0.2) is 4.98 Å². The summed E-state index contributed by atoms with van der Waals surface area (Å²) in [5, 5.41) is 20.9. The van der Waals surface area contributed by atoms with E-state index in [0.29, 0.717) is 5.56 Å². The molecule has 2 heterocycles. The van der Waals surface area contributed by atoms with Crippen LogP contribution in [0.5, 0.6) is 5.75 Å². The second-order valence-electron chi connectivity index (χ2n) is 9.91. The van der Waals surface area contributed by atoms with Crippen molar-refractivity contribution in [1.82, 2.24) is 14.8 Å². The van der Waals surface area contributed by atoms with Crippen LogP contribution in [0.25, 0.3) is 10.4 Å². The van der Waals surface area contributed by atoms with Crippen LogP contribution < -0.4 is 5.73 Å². The summed E-state index contributed by atoms with van der Waals surface area (Å²) in [6.45, 7) is 9.42. The van der Waals surface area contributed by atoms with Crippen molar-refractivity contribution < 1.29 is 19.8 Å². The molecule has 0 aliphatic carbocycles. The Labute approximate surface area is 199 Å². The van der Waals surface area contributed by atoms with Gasteiger partial charge in [0.05, 0.1) is 34.3 Å². The number of thiazole rings is 1. The molecule has 180 valence electrons. The van der Waals surface area contributed by atoms with E-state index in [-0.39, 0.29) is 30.5 Å². The van der Waals surface area contributed by atoms with Crippen molar-refractivity contribution in [2.75, 3.05) is 13.6 Å². The predicted octanol–water partition coefficient (Wildman–Crippen LogP) is 2.68. The molecule has 9 heteroatoms. The number of hydrogen-bond acceptors (Lipinski definition) is 7. The van der Waals surface area contributed by atoms with Crippen LogP contribution in [0, 0.1) is 12.3 Å². The first-order valence-corrected chi connectivity index (χ1v) is 11.9. The summed E-state index contributed by atoms with van der Waals surface area (Å²) < 4.78 is 0. The Hall–Kier alpha value is -2.49. The van der Waals surface area contributed by atoms with Crippen molar-refractivity contribution in [2.45, 2.75) is 65.3 Å². The van der Waals surface area contributed by atoms with Crippen molar-refractivity contribution in [3.05, 3.63) is 35.0 Å². The lowest BCUT2D eigenvalue weighted by atomic mass is 9.86. The molecule has 1 aliphatic rings. The standard InChI is InChI=1S/C24H34N4O4S/c1-13-20(33-12-26-13)15-7-8-17(19(30)9-15)14(2)27(6)22(31)18-10-16(29)11-28(18)23(32)21(25)24(3,4)5/h7-9,12,14,16,18,21,29-30H,10-11,25H2,1-6H3/t14-,16+,18-,21+/m0/s1. The molecule has 1 saturated heterocycles. The van der Waals surface area contributed by atoms with E-state index in [0.717, 1.165) is 16.1 Å². The molecular formula is C24H34N4O4S. The van der Waals surface area contributed by atoms with E-state index in [2.05, 4.69) is 4.98 Å². The number of nitrogens with zero attached hydrogens (tertiary/aromatic N) is 3. The molecule has 1 aromatic heterocycles. The minimum absolute atomic E-state index is 0.0788. The molecule has 33 heavy (non-hydrogen) atoms. The Morgan fingerprint density at radius 1 is 1.33 bits per heavy atom. The molecule has 0 radical (unpaired) electrons. The average molecular weight is 475 g/mol. The normalized spacial score (nSPS) is 20.5. The first kappa shape index (κ1) is 25.1. The molecule has 0 unspecified atom stereocenters. The molecule has 3 rings (SSSR count). The summed E-state index contributed by atoms with van der Waals surface area (Å²) in [5.74, 6) is -0.553. The maximum atomic E-state index is 13.4. The fraction of sp³-hybridized carbons (Fsp3) is 0.542. The first-order chi connectivity index (χ1) is 15.3. The molecule has 0 bridgehead atoms. The molecule has 8 nitrogen and oxygen atoms in total. The van der Waals surface area contributed by atoms with E-state index in [1.807, 2.05) is 40.7 Å². The van der Waals surface area contributed by atoms with E-state index in [1.165, 1.54) is 21.1 Å². The summed E-state index contributed by atoms with van der Waals surface area (Å²) in [6, 6.07) is 3.37. The number of benzene rings is 1. The lowest BCUT2D eigenvalue weighted by Gasteiger charge is -2.35. The highest BCUT2D eigenvalue weighted by molar-refractivity contribution is 7.13. The topological polar surface area (TPSA) is 120 Å². The van der Waals surface area contributed by atoms with E-state index < -0.39 is 29.6 Å². The molecule has 2 amide bonds. The van der Waals surface area contributed by atoms with Crippen LogP contribution in [-0.2, 0) is 9.59 Å². The lowest BCUT2D eigenvalue weighted by Crippen LogP contribution is -2.55. The molecule has 0 saturated carbocycles. The zero-order chi connectivity index (χ0) is 24.7. The number of likely N-dealkylation sites (tertiary alicyclic amines) is 1. The van der Waals surface area contributed by atoms with Crippen LogP contribution >= 0.6 is 11.3 Å². The van der Waals surface area contributed by atoms with Gasteiger partial charge >= 0.3 is 0 Å². The van der Waals surface area contributed by atoms with Gasteiger partial charge in [-0.05, 0) is 30.9 Å². The number of aliphatic hydroxyl groups is 1. The highest BCUT2D eigenvalue weighted by atomic mass is 32.1. The van der Waals surface area contributed by atoms with Crippen LogP contribution in [0.3, 0.4) is 0 Å². The zero-order valence-electron chi connectivity index (χ0n) is 20.1. The number of phenols is 1. The number of hydrogen-bond donors (Lipinski definition) is 3. The summed E-state index contributed by atoms with van der Waals surface area (Å²) in [7, 11) is 1.64. The van der Waals surface area contributed by atoms with E-state index in [9.17, 15) is 19.8 Å². The number of nitrogens with two attached hydrogens (primary N) is 1. The maximum Gasteiger partial charge on any atom is 0.245 e. The SMILES string of the molecule is Cc1ncsc1-c1ccc([C@H](C)N(C)C(=O)[C@@H]2C[C@@H](O)CN2C(=O)[C@@H](N)C(C)(C)C)c(O)c1. The summed E-state index contributed by atoms with van der Waals surface area (Å²) in [6.07, 6.45) is -0.622. The zero-order valence-corrected chi connectivity index (χ0v) is 20.9. The monoisotopic (exact) mass is 474 g/mol. The molecule has 0 spiro atoms. The van der Waals surface area contributed by atoms with Crippen LogP contribution in [0.1, 0.15) is 51.4 Å². The van der Waals surface area contributed by atoms with Gasteiger partial charge in [0.2, 0.25) is 11.8 Å². The average Bonchev–Trinajstić information content (AvgIpc) is 3.35. The van der Waals surface area contributed by atoms with Crippen molar-refractivity contribution in [3.63, 3.8) is 0 Å². The van der Waals surface area contributed by atoms with Gasteiger partial charge in [-0.15, -0.1) is 11.3 Å². The number of carbonyl (C=O) groups is 2. The van der Waals surface area contributed by atoms with Crippen molar-refractivity contribution in [1.29, 1.82) is 0 Å². The van der Waals surface area contributed by atoms with Gasteiger partial charge in [-0.3, -0.25) is 9.59 Å². The van der Waals surface area contributed by atoms with Gasteiger partial charge in [0, 0.05) is 25.6 Å². The van der Waals surface area contributed by atoms with Crippen LogP contribution in [0.2, 0.25) is 0 Å². The number of rotatable bonds is 5. The molecule has 1 aliphatic heterocycles. The van der Waals surface area contributed by atoms with Gasteiger partial charge in [0.25, 0.3) is 0 Å². The summed E-state index contributed by atoms with van der Waals surface area (Å²) in [4.78, 5) is 34.6. The Kier molecular flexibility index (Phi) is 7.16. The Balaban J connectivity index is 1.81. The van der Waals surface area contributed by atoms with Gasteiger partial charge in [0.15, 0.2) is 0 Å². The van der Waals surface area contributed by atoms with Crippen molar-refractivity contribution in [2.24, 2.45) is 11.1 Å². The molecule has 4 atom stereocenters. The van der Waals surface area contributed by atoms with Crippen LogP contribution in [-0.4, -0.2) is 68.6 Å². The third-order valence-corrected chi connectivity index (χ3v) is 7.44. The van der Waals surface area contributed by atoms with E-state index in [4.69, 9.17) is 5.73 Å².